The van der Waals surface area contributed by atoms with Crippen LogP contribution in [0.3, 0.4) is 0 Å². The van der Waals surface area contributed by atoms with Gasteiger partial charge in [0.25, 0.3) is 0 Å². The third-order valence-electron chi connectivity index (χ3n) is 4.24. The van der Waals surface area contributed by atoms with Gasteiger partial charge in [-0.05, 0) is 25.7 Å². The Balaban J connectivity index is 1.85. The van der Waals surface area contributed by atoms with Crippen LogP contribution in [-0.4, -0.2) is 29.1 Å². The lowest BCUT2D eigenvalue weighted by Gasteiger charge is -2.16. The highest BCUT2D eigenvalue weighted by molar-refractivity contribution is 5.87. The van der Waals surface area contributed by atoms with Crippen molar-refractivity contribution in [2.45, 2.75) is 38.1 Å². The summed E-state index contributed by atoms with van der Waals surface area (Å²) in [5, 5.41) is 0. The van der Waals surface area contributed by atoms with Gasteiger partial charge in [0.05, 0.1) is 0 Å². The van der Waals surface area contributed by atoms with E-state index in [9.17, 15) is 0 Å². The van der Waals surface area contributed by atoms with Crippen LogP contribution in [0.25, 0.3) is 11.1 Å². The van der Waals surface area contributed by atoms with Crippen molar-refractivity contribution in [3.63, 3.8) is 0 Å². The zero-order chi connectivity index (χ0) is 12.8. The summed E-state index contributed by atoms with van der Waals surface area (Å²) in [5.74, 6) is 2.04. The van der Waals surface area contributed by atoms with Crippen molar-refractivity contribution in [2.24, 2.45) is 5.73 Å². The Bertz CT molecular complexity index is 621. The summed E-state index contributed by atoms with van der Waals surface area (Å²) in [7, 11) is 0. The van der Waals surface area contributed by atoms with E-state index < -0.39 is 0 Å². The molecule has 0 amide bonds. The van der Waals surface area contributed by atoms with Crippen LogP contribution >= 0.6 is 0 Å². The largest absolute Gasteiger partial charge is 0.455 e. The summed E-state index contributed by atoms with van der Waals surface area (Å²) < 4.78 is 6.06. The first-order valence-corrected chi connectivity index (χ1v) is 7.08. The molecule has 2 aromatic rings. The van der Waals surface area contributed by atoms with Crippen molar-refractivity contribution in [3.8, 4) is 0 Å². The number of nitrogens with zero attached hydrogens (tertiary/aromatic N) is 3. The molecule has 0 aromatic carbocycles. The Morgan fingerprint density at radius 3 is 3.00 bits per heavy atom. The second-order valence-corrected chi connectivity index (χ2v) is 5.58. The molecule has 2 aliphatic rings. The third-order valence-corrected chi connectivity index (χ3v) is 4.24. The fourth-order valence-corrected chi connectivity index (χ4v) is 3.24. The summed E-state index contributed by atoms with van der Waals surface area (Å²) in [6.07, 6.45) is 7.24. The lowest BCUT2D eigenvalue weighted by atomic mass is 9.98. The predicted octanol–water partition coefficient (Wildman–Crippen LogP) is 1.64. The highest BCUT2D eigenvalue weighted by Crippen LogP contribution is 2.35. The van der Waals surface area contributed by atoms with E-state index in [4.69, 9.17) is 10.2 Å². The Kier molecular flexibility index (Phi) is 2.48. The topological polar surface area (TPSA) is 68.2 Å². The van der Waals surface area contributed by atoms with Gasteiger partial charge in [-0.25, -0.2) is 9.97 Å². The summed E-state index contributed by atoms with van der Waals surface area (Å²) >= 11 is 0. The highest BCUT2D eigenvalue weighted by Gasteiger charge is 2.26. The molecule has 1 aliphatic heterocycles. The average Bonchev–Trinajstić information content (AvgIpc) is 3.02. The van der Waals surface area contributed by atoms with Crippen LogP contribution in [0.15, 0.2) is 10.7 Å². The van der Waals surface area contributed by atoms with Gasteiger partial charge >= 0.3 is 0 Å². The van der Waals surface area contributed by atoms with Gasteiger partial charge in [0, 0.05) is 31.1 Å². The van der Waals surface area contributed by atoms with Crippen LogP contribution in [0.2, 0.25) is 0 Å². The Morgan fingerprint density at radius 2 is 2.16 bits per heavy atom. The van der Waals surface area contributed by atoms with Gasteiger partial charge < -0.3 is 15.1 Å². The number of aromatic nitrogens is 2. The number of aryl methyl sites for hydroxylation is 2. The summed E-state index contributed by atoms with van der Waals surface area (Å²) in [6, 6.07) is 0.245. The van der Waals surface area contributed by atoms with E-state index >= 15 is 0 Å². The number of hydrogen-bond donors (Lipinski definition) is 1. The number of anilines is 1. The van der Waals surface area contributed by atoms with Gasteiger partial charge in [-0.2, -0.15) is 0 Å². The lowest BCUT2D eigenvalue weighted by molar-refractivity contribution is 0.505. The van der Waals surface area contributed by atoms with E-state index in [1.165, 1.54) is 18.4 Å². The van der Waals surface area contributed by atoms with Crippen LogP contribution in [0.5, 0.6) is 0 Å². The van der Waals surface area contributed by atoms with Crippen LogP contribution in [0.4, 0.5) is 5.82 Å². The van der Waals surface area contributed by atoms with Gasteiger partial charge in [0.2, 0.25) is 0 Å². The molecule has 1 aliphatic carbocycles. The molecule has 4 rings (SSSR count). The number of hydrogen-bond acceptors (Lipinski definition) is 5. The maximum absolute atomic E-state index is 6.06. The molecular weight excluding hydrogens is 240 g/mol. The summed E-state index contributed by atoms with van der Waals surface area (Å²) in [4.78, 5) is 11.1. The molecular formula is C14H18N4O. The van der Waals surface area contributed by atoms with Gasteiger partial charge in [-0.15, -0.1) is 0 Å². The van der Waals surface area contributed by atoms with Crippen molar-refractivity contribution < 1.29 is 4.42 Å². The van der Waals surface area contributed by atoms with Gasteiger partial charge in [-0.3, -0.25) is 0 Å². The molecule has 0 radical (unpaired) electrons. The molecule has 1 saturated heterocycles. The molecule has 0 bridgehead atoms. The molecule has 3 heterocycles. The van der Waals surface area contributed by atoms with Gasteiger partial charge in [0.1, 0.15) is 17.6 Å². The number of furan rings is 1. The third kappa shape index (κ3) is 1.72. The smallest absolute Gasteiger partial charge is 0.195 e. The molecule has 1 fully saturated rings. The second-order valence-electron chi connectivity index (χ2n) is 5.58. The Morgan fingerprint density at radius 1 is 1.26 bits per heavy atom. The van der Waals surface area contributed by atoms with E-state index in [2.05, 4.69) is 14.9 Å². The molecule has 1 unspecified atom stereocenters. The number of nitrogens with two attached hydrogens (primary N) is 1. The first-order chi connectivity index (χ1) is 9.33. The predicted molar refractivity (Wildman–Crippen MR) is 73.3 cm³/mol. The lowest BCUT2D eigenvalue weighted by Crippen LogP contribution is -2.27. The van der Waals surface area contributed by atoms with E-state index in [-0.39, 0.29) is 6.04 Å². The van der Waals surface area contributed by atoms with Crippen LogP contribution in [-0.2, 0) is 12.8 Å². The standard InChI is InChI=1S/C14H18N4O/c15-9-5-6-18(7-9)14-13-12(16-8-17-14)10-3-1-2-4-11(10)19-13/h8-9H,1-7,15H2. The van der Waals surface area contributed by atoms with E-state index in [1.807, 2.05) is 0 Å². The molecule has 1 atom stereocenters. The van der Waals surface area contributed by atoms with Crippen molar-refractivity contribution in [1.29, 1.82) is 0 Å². The second kappa shape index (κ2) is 4.20. The van der Waals surface area contributed by atoms with E-state index in [0.29, 0.717) is 0 Å². The monoisotopic (exact) mass is 258 g/mol. The normalized spacial score (nSPS) is 23.0. The maximum Gasteiger partial charge on any atom is 0.195 e. The Labute approximate surface area is 111 Å². The molecule has 2 N–H and O–H groups in total. The molecule has 19 heavy (non-hydrogen) atoms. The zero-order valence-electron chi connectivity index (χ0n) is 10.9. The van der Waals surface area contributed by atoms with Gasteiger partial charge in [-0.1, -0.05) is 0 Å². The quantitative estimate of drug-likeness (QED) is 0.842. The van der Waals surface area contributed by atoms with E-state index in [0.717, 1.165) is 55.0 Å². The van der Waals surface area contributed by atoms with Crippen LogP contribution in [0, 0.1) is 0 Å². The van der Waals surface area contributed by atoms with Crippen molar-refractivity contribution in [2.75, 3.05) is 18.0 Å². The van der Waals surface area contributed by atoms with Gasteiger partial charge in [0.15, 0.2) is 11.4 Å². The molecule has 0 spiro atoms. The summed E-state index contributed by atoms with van der Waals surface area (Å²) in [6.45, 7) is 1.82. The minimum absolute atomic E-state index is 0.245. The zero-order valence-corrected chi connectivity index (χ0v) is 10.9. The van der Waals surface area contributed by atoms with Crippen molar-refractivity contribution in [3.05, 3.63) is 17.7 Å². The number of rotatable bonds is 1. The maximum atomic E-state index is 6.06. The summed E-state index contributed by atoms with van der Waals surface area (Å²) in [5.41, 5.74) is 9.17. The first-order valence-electron chi connectivity index (χ1n) is 7.08. The molecule has 100 valence electrons. The Hall–Kier alpha value is -1.62. The molecule has 2 aromatic heterocycles. The SMILES string of the molecule is NC1CCN(c2ncnc3c4c(oc23)CCCC4)C1. The van der Waals surface area contributed by atoms with Crippen molar-refractivity contribution in [1.82, 2.24) is 9.97 Å². The average molecular weight is 258 g/mol. The fraction of sp³-hybridized carbons (Fsp3) is 0.571. The van der Waals surface area contributed by atoms with E-state index in [1.54, 1.807) is 6.33 Å². The van der Waals surface area contributed by atoms with Crippen LogP contribution < -0.4 is 10.6 Å². The van der Waals surface area contributed by atoms with Crippen LogP contribution in [0.1, 0.15) is 30.6 Å². The highest BCUT2D eigenvalue weighted by atomic mass is 16.3. The first kappa shape index (κ1) is 11.2. The van der Waals surface area contributed by atoms with Crippen molar-refractivity contribution >= 4 is 16.9 Å². The minimum Gasteiger partial charge on any atom is -0.455 e. The fourth-order valence-electron chi connectivity index (χ4n) is 3.24. The molecule has 5 nitrogen and oxygen atoms in total. The minimum atomic E-state index is 0.245. The number of fused-ring (bicyclic) bond motifs is 3. The molecule has 5 heteroatoms. The molecule has 0 saturated carbocycles.